The number of hydrogen-bond acceptors (Lipinski definition) is 1. The Hall–Kier alpha value is 0.0500. The highest BCUT2D eigenvalue weighted by molar-refractivity contribution is 6.39. The van der Waals surface area contributed by atoms with Crippen molar-refractivity contribution in [2.24, 2.45) is 5.41 Å². The van der Waals surface area contributed by atoms with Crippen molar-refractivity contribution in [3.63, 3.8) is 0 Å². The van der Waals surface area contributed by atoms with Crippen LogP contribution in [0.2, 0.25) is 15.1 Å². The Morgan fingerprint density at radius 3 is 2.15 bits per heavy atom. The lowest BCUT2D eigenvalue weighted by Gasteiger charge is -2.25. The first kappa shape index (κ1) is 18.1. The zero-order chi connectivity index (χ0) is 15.2. The van der Waals surface area contributed by atoms with Gasteiger partial charge in [-0.25, -0.2) is 0 Å². The Labute approximate surface area is 138 Å². The minimum atomic E-state index is 0.271. The van der Waals surface area contributed by atoms with E-state index >= 15 is 0 Å². The van der Waals surface area contributed by atoms with Crippen molar-refractivity contribution in [3.05, 3.63) is 32.8 Å². The van der Waals surface area contributed by atoms with Gasteiger partial charge in [0.05, 0.1) is 0 Å². The molecule has 1 nitrogen and oxygen atoms in total. The third-order valence-electron chi connectivity index (χ3n) is 3.56. The molecule has 0 aliphatic heterocycles. The average molecular weight is 337 g/mol. The molecule has 1 rings (SSSR count). The van der Waals surface area contributed by atoms with Crippen LogP contribution in [0.25, 0.3) is 0 Å². The predicted molar refractivity (Wildman–Crippen MR) is 91.4 cm³/mol. The Morgan fingerprint density at radius 1 is 1.00 bits per heavy atom. The van der Waals surface area contributed by atoms with E-state index in [2.05, 4.69) is 26.1 Å². The molecule has 0 spiro atoms. The Balaban J connectivity index is 2.53. The van der Waals surface area contributed by atoms with Gasteiger partial charge in [-0.05, 0) is 61.9 Å². The lowest BCUT2D eigenvalue weighted by Crippen LogP contribution is -2.23. The summed E-state index contributed by atoms with van der Waals surface area (Å²) in [7, 11) is 0. The largest absolute Gasteiger partial charge is 0.317 e. The monoisotopic (exact) mass is 335 g/mol. The first-order chi connectivity index (χ1) is 9.35. The van der Waals surface area contributed by atoms with E-state index in [0.717, 1.165) is 37.9 Å². The number of benzene rings is 1. The molecule has 0 amide bonds. The minimum Gasteiger partial charge on any atom is -0.317 e. The maximum absolute atomic E-state index is 6.23. The molecule has 0 aromatic heterocycles. The Morgan fingerprint density at radius 2 is 1.60 bits per heavy atom. The predicted octanol–water partition coefficient (Wildman–Crippen LogP) is 6.00. The molecule has 1 aromatic carbocycles. The van der Waals surface area contributed by atoms with Gasteiger partial charge in [0.2, 0.25) is 0 Å². The molecule has 1 aromatic rings. The molecule has 114 valence electrons. The smallest absolute Gasteiger partial charge is 0.0467 e. The first-order valence-corrected chi connectivity index (χ1v) is 8.33. The molecule has 0 aliphatic carbocycles. The van der Waals surface area contributed by atoms with Crippen LogP contribution in [-0.4, -0.2) is 13.1 Å². The average Bonchev–Trinajstić information content (AvgIpc) is 2.33. The van der Waals surface area contributed by atoms with Crippen molar-refractivity contribution >= 4 is 34.8 Å². The number of halogens is 3. The zero-order valence-corrected chi connectivity index (χ0v) is 14.8. The number of nitrogens with one attached hydrogen (secondary N) is 1. The fraction of sp³-hybridized carbons (Fsp3) is 0.625. The van der Waals surface area contributed by atoms with Crippen molar-refractivity contribution in [2.45, 2.75) is 46.5 Å². The lowest BCUT2D eigenvalue weighted by atomic mass is 9.83. The van der Waals surface area contributed by atoms with E-state index in [4.69, 9.17) is 34.8 Å². The van der Waals surface area contributed by atoms with Gasteiger partial charge in [-0.1, -0.05) is 55.6 Å². The Kier molecular flexibility index (Phi) is 7.68. The summed E-state index contributed by atoms with van der Waals surface area (Å²) in [6, 6.07) is 3.53. The quantitative estimate of drug-likeness (QED) is 0.574. The minimum absolute atomic E-state index is 0.271. The van der Waals surface area contributed by atoms with Gasteiger partial charge >= 0.3 is 0 Å². The standard InChI is InChI=1S/C16H24Cl3N/c1-4-8-20-9-7-16(2,3)6-5-13-14(18)10-12(17)11-15(13)19/h10-11,20H,4-9H2,1-3H3. The molecule has 0 heterocycles. The van der Waals surface area contributed by atoms with Crippen LogP contribution in [0.5, 0.6) is 0 Å². The van der Waals surface area contributed by atoms with Crippen molar-refractivity contribution in [1.29, 1.82) is 0 Å². The third-order valence-corrected chi connectivity index (χ3v) is 4.46. The highest BCUT2D eigenvalue weighted by atomic mass is 35.5. The van der Waals surface area contributed by atoms with Gasteiger partial charge in [0.15, 0.2) is 0 Å². The SMILES string of the molecule is CCCNCCC(C)(C)CCc1c(Cl)cc(Cl)cc1Cl. The summed E-state index contributed by atoms with van der Waals surface area (Å²) in [5.41, 5.74) is 1.28. The molecule has 0 radical (unpaired) electrons. The van der Waals surface area contributed by atoms with E-state index in [1.165, 1.54) is 6.42 Å². The van der Waals surface area contributed by atoms with Crippen LogP contribution in [0.1, 0.15) is 45.6 Å². The molecule has 20 heavy (non-hydrogen) atoms. The molecule has 1 N–H and O–H groups in total. The van der Waals surface area contributed by atoms with Crippen LogP contribution >= 0.6 is 34.8 Å². The van der Waals surface area contributed by atoms with Crippen LogP contribution in [0.4, 0.5) is 0 Å². The summed E-state index contributed by atoms with van der Waals surface area (Å²) >= 11 is 18.4. The second-order valence-electron chi connectivity index (χ2n) is 6.01. The van der Waals surface area contributed by atoms with Gasteiger partial charge in [0.1, 0.15) is 0 Å². The van der Waals surface area contributed by atoms with Gasteiger partial charge < -0.3 is 5.32 Å². The maximum atomic E-state index is 6.23. The second kappa shape index (κ2) is 8.48. The highest BCUT2D eigenvalue weighted by Gasteiger charge is 2.19. The maximum Gasteiger partial charge on any atom is 0.0467 e. The van der Waals surface area contributed by atoms with Crippen molar-refractivity contribution in [2.75, 3.05) is 13.1 Å². The number of hydrogen-bond donors (Lipinski definition) is 1. The fourth-order valence-corrected chi connectivity index (χ4v) is 3.13. The van der Waals surface area contributed by atoms with Gasteiger partial charge in [-0.2, -0.15) is 0 Å². The van der Waals surface area contributed by atoms with Crippen molar-refractivity contribution in [3.8, 4) is 0 Å². The van der Waals surface area contributed by atoms with Gasteiger partial charge in [0, 0.05) is 15.1 Å². The molecule has 0 fully saturated rings. The molecule has 0 bridgehead atoms. The van der Waals surface area contributed by atoms with Gasteiger partial charge in [-0.3, -0.25) is 0 Å². The summed E-state index contributed by atoms with van der Waals surface area (Å²) in [4.78, 5) is 0. The topological polar surface area (TPSA) is 12.0 Å². The van der Waals surface area contributed by atoms with Gasteiger partial charge in [-0.15, -0.1) is 0 Å². The summed E-state index contributed by atoms with van der Waals surface area (Å²) in [6.07, 6.45) is 4.27. The van der Waals surface area contributed by atoms with E-state index < -0.39 is 0 Å². The third kappa shape index (κ3) is 6.22. The molecule has 0 aliphatic rings. The van der Waals surface area contributed by atoms with E-state index in [9.17, 15) is 0 Å². The fourth-order valence-electron chi connectivity index (χ4n) is 2.13. The van der Waals surface area contributed by atoms with E-state index in [1.54, 1.807) is 12.1 Å². The molecule has 4 heteroatoms. The molecule has 0 unspecified atom stereocenters. The molecule has 0 saturated carbocycles. The van der Waals surface area contributed by atoms with Gasteiger partial charge in [0.25, 0.3) is 0 Å². The zero-order valence-electron chi connectivity index (χ0n) is 12.5. The summed E-state index contributed by atoms with van der Waals surface area (Å²) in [5.74, 6) is 0. The van der Waals surface area contributed by atoms with Crippen LogP contribution in [0.15, 0.2) is 12.1 Å². The Bertz CT molecular complexity index is 407. The van der Waals surface area contributed by atoms with Crippen LogP contribution in [-0.2, 0) is 6.42 Å². The molecular weight excluding hydrogens is 313 g/mol. The van der Waals surface area contributed by atoms with Crippen LogP contribution < -0.4 is 5.32 Å². The van der Waals surface area contributed by atoms with Crippen LogP contribution in [0.3, 0.4) is 0 Å². The molecule has 0 atom stereocenters. The molecule has 0 saturated heterocycles. The highest BCUT2D eigenvalue weighted by Crippen LogP contribution is 2.33. The lowest BCUT2D eigenvalue weighted by molar-refractivity contribution is 0.302. The van der Waals surface area contributed by atoms with E-state index in [-0.39, 0.29) is 5.41 Å². The van der Waals surface area contributed by atoms with Crippen molar-refractivity contribution < 1.29 is 0 Å². The normalized spacial score (nSPS) is 11.9. The van der Waals surface area contributed by atoms with Crippen LogP contribution in [0, 0.1) is 5.41 Å². The first-order valence-electron chi connectivity index (χ1n) is 7.20. The second-order valence-corrected chi connectivity index (χ2v) is 7.26. The van der Waals surface area contributed by atoms with E-state index in [1.807, 2.05) is 0 Å². The number of rotatable bonds is 8. The summed E-state index contributed by atoms with van der Waals surface area (Å²) in [5, 5.41) is 5.38. The van der Waals surface area contributed by atoms with E-state index in [0.29, 0.717) is 15.1 Å². The summed E-state index contributed by atoms with van der Waals surface area (Å²) in [6.45, 7) is 8.91. The van der Waals surface area contributed by atoms with Crippen molar-refractivity contribution in [1.82, 2.24) is 5.32 Å². The molecular formula is C16H24Cl3N. The summed E-state index contributed by atoms with van der Waals surface area (Å²) < 4.78 is 0.